The third-order valence-electron chi connectivity index (χ3n) is 3.63. The third kappa shape index (κ3) is 3.64. The molecule has 0 saturated carbocycles. The highest BCUT2D eigenvalue weighted by Gasteiger charge is 2.32. The van der Waals surface area contributed by atoms with Crippen molar-refractivity contribution in [1.82, 2.24) is 19.9 Å². The molecule has 2 heterocycles. The molecule has 3 rings (SSSR count). The lowest BCUT2D eigenvalue weighted by atomic mass is 10.3. The van der Waals surface area contributed by atoms with E-state index in [4.69, 9.17) is 27.9 Å². The fourth-order valence-electron chi connectivity index (χ4n) is 2.53. The summed E-state index contributed by atoms with van der Waals surface area (Å²) in [5.41, 5.74) is 0.876. The maximum Gasteiger partial charge on any atom is 0.332 e. The van der Waals surface area contributed by atoms with E-state index in [1.54, 1.807) is 23.1 Å². The van der Waals surface area contributed by atoms with Gasteiger partial charge in [-0.05, 0) is 28.1 Å². The van der Waals surface area contributed by atoms with Crippen molar-refractivity contribution >= 4 is 56.0 Å². The zero-order chi connectivity index (χ0) is 18.0. The summed E-state index contributed by atoms with van der Waals surface area (Å²) < 4.78 is 6.69. The Morgan fingerprint density at radius 3 is 2.60 bits per heavy atom. The number of fused-ring (bicyclic) bond motifs is 1. The number of halogens is 3. The molecule has 1 aromatic carbocycles. The van der Waals surface area contributed by atoms with Crippen LogP contribution in [0.4, 0.5) is 0 Å². The van der Waals surface area contributed by atoms with E-state index in [-0.39, 0.29) is 20.5 Å². The monoisotopic (exact) mass is 447 g/mol. The van der Waals surface area contributed by atoms with Crippen molar-refractivity contribution in [3.05, 3.63) is 49.1 Å². The van der Waals surface area contributed by atoms with Crippen LogP contribution in [-0.4, -0.2) is 51.1 Å². The number of hydrogen-bond acceptors (Lipinski definition) is 6. The standard InChI is InChI=1S/C14H12BrCl2N5O3/c15-13(17)11(16)12(22(23)24)14(20-5-7-25-8-6-20)21-10-4-2-1-3-9(10)18-19-21/h1-4H,5-8H2/b13-11-,14-12-. The zero-order valence-corrected chi connectivity index (χ0v) is 15.8. The van der Waals surface area contributed by atoms with Gasteiger partial charge in [-0.1, -0.05) is 40.5 Å². The highest BCUT2D eigenvalue weighted by Crippen LogP contribution is 2.33. The minimum absolute atomic E-state index is 0.0592. The number of benzene rings is 1. The molecule has 1 saturated heterocycles. The minimum Gasteiger partial charge on any atom is -0.378 e. The summed E-state index contributed by atoms with van der Waals surface area (Å²) >= 11 is 15.0. The van der Waals surface area contributed by atoms with Crippen molar-refractivity contribution in [2.45, 2.75) is 0 Å². The van der Waals surface area contributed by atoms with E-state index in [0.29, 0.717) is 37.3 Å². The predicted octanol–water partition coefficient (Wildman–Crippen LogP) is 3.21. The molecule has 1 fully saturated rings. The van der Waals surface area contributed by atoms with Gasteiger partial charge in [0.2, 0.25) is 5.82 Å². The van der Waals surface area contributed by atoms with Gasteiger partial charge < -0.3 is 9.64 Å². The van der Waals surface area contributed by atoms with Crippen LogP contribution in [-0.2, 0) is 4.74 Å². The molecule has 1 aliphatic rings. The van der Waals surface area contributed by atoms with Gasteiger partial charge in [0, 0.05) is 13.1 Å². The quantitative estimate of drug-likeness (QED) is 0.405. The summed E-state index contributed by atoms with van der Waals surface area (Å²) in [6.45, 7) is 1.77. The first-order chi connectivity index (χ1) is 12.0. The summed E-state index contributed by atoms with van der Waals surface area (Å²) in [5, 5.41) is 19.7. The second kappa shape index (κ2) is 7.69. The van der Waals surface area contributed by atoms with Gasteiger partial charge in [0.15, 0.2) is 0 Å². The first kappa shape index (κ1) is 18.1. The molecule has 0 N–H and O–H groups in total. The van der Waals surface area contributed by atoms with Crippen molar-refractivity contribution in [3.8, 4) is 0 Å². The van der Waals surface area contributed by atoms with Crippen molar-refractivity contribution in [2.24, 2.45) is 0 Å². The lowest BCUT2D eigenvalue weighted by molar-refractivity contribution is -0.419. The summed E-state index contributed by atoms with van der Waals surface area (Å²) in [6, 6.07) is 7.17. The Kier molecular flexibility index (Phi) is 5.57. The van der Waals surface area contributed by atoms with E-state index in [9.17, 15) is 10.1 Å². The number of nitrogens with zero attached hydrogens (tertiary/aromatic N) is 5. The molecule has 0 unspecified atom stereocenters. The van der Waals surface area contributed by atoms with Crippen LogP contribution in [0.3, 0.4) is 0 Å². The summed E-state index contributed by atoms with van der Waals surface area (Å²) in [4.78, 5) is 13.0. The normalized spacial score (nSPS) is 17.3. The average molecular weight is 449 g/mol. The molecule has 8 nitrogen and oxygen atoms in total. The van der Waals surface area contributed by atoms with Gasteiger partial charge >= 0.3 is 5.70 Å². The second-order valence-electron chi connectivity index (χ2n) is 5.09. The maximum atomic E-state index is 11.8. The number of aromatic nitrogens is 3. The maximum absolute atomic E-state index is 11.8. The number of morpholine rings is 1. The second-order valence-corrected chi connectivity index (χ2v) is 7.10. The number of nitro groups is 1. The van der Waals surface area contributed by atoms with Crippen LogP contribution in [0.25, 0.3) is 16.9 Å². The number of allylic oxidation sites excluding steroid dienone is 1. The van der Waals surface area contributed by atoms with Crippen LogP contribution in [0.5, 0.6) is 0 Å². The first-order valence-corrected chi connectivity index (χ1v) is 8.79. The number of ether oxygens (including phenoxy) is 1. The first-order valence-electron chi connectivity index (χ1n) is 7.24. The Balaban J connectivity index is 2.30. The summed E-state index contributed by atoms with van der Waals surface area (Å²) in [5.74, 6) is 0.199. The number of hydrogen-bond donors (Lipinski definition) is 0. The molecule has 0 atom stereocenters. The van der Waals surface area contributed by atoms with Crippen LogP contribution >= 0.6 is 39.1 Å². The van der Waals surface area contributed by atoms with Crippen LogP contribution < -0.4 is 0 Å². The summed E-state index contributed by atoms with van der Waals surface area (Å²) in [6.07, 6.45) is 0. The Morgan fingerprint density at radius 2 is 1.96 bits per heavy atom. The van der Waals surface area contributed by atoms with Gasteiger partial charge in [-0.3, -0.25) is 10.1 Å². The lowest BCUT2D eigenvalue weighted by Crippen LogP contribution is -2.38. The van der Waals surface area contributed by atoms with E-state index in [2.05, 4.69) is 26.2 Å². The van der Waals surface area contributed by atoms with E-state index >= 15 is 0 Å². The molecule has 0 spiro atoms. The smallest absolute Gasteiger partial charge is 0.332 e. The highest BCUT2D eigenvalue weighted by molar-refractivity contribution is 9.12. The van der Waals surface area contributed by atoms with Crippen LogP contribution in [0.2, 0.25) is 0 Å². The van der Waals surface area contributed by atoms with Crippen LogP contribution in [0.1, 0.15) is 0 Å². The van der Waals surface area contributed by atoms with Gasteiger partial charge in [0.1, 0.15) is 14.5 Å². The largest absolute Gasteiger partial charge is 0.378 e. The van der Waals surface area contributed by atoms with Crippen molar-refractivity contribution in [3.63, 3.8) is 0 Å². The molecule has 1 aromatic heterocycles. The summed E-state index contributed by atoms with van der Waals surface area (Å²) in [7, 11) is 0. The predicted molar refractivity (Wildman–Crippen MR) is 97.8 cm³/mol. The molecule has 0 radical (unpaired) electrons. The zero-order valence-electron chi connectivity index (χ0n) is 12.7. The SMILES string of the molecule is O=[N+]([O-])C(=C(/N1CCOCC1)n1nnc2ccccc21)/C(Cl)=C(/Cl)Br. The molecule has 2 aromatic rings. The highest BCUT2D eigenvalue weighted by atomic mass is 79.9. The molecule has 0 amide bonds. The molecule has 25 heavy (non-hydrogen) atoms. The number of rotatable bonds is 4. The van der Waals surface area contributed by atoms with Gasteiger partial charge in [-0.2, -0.15) is 4.68 Å². The van der Waals surface area contributed by atoms with Gasteiger partial charge in [-0.15, -0.1) is 5.10 Å². The molecule has 0 aliphatic carbocycles. The van der Waals surface area contributed by atoms with Crippen molar-refractivity contribution in [2.75, 3.05) is 26.3 Å². The topological polar surface area (TPSA) is 86.3 Å². The molecule has 1 aliphatic heterocycles. The van der Waals surface area contributed by atoms with Gasteiger partial charge in [0.25, 0.3) is 0 Å². The third-order valence-corrected chi connectivity index (χ3v) is 4.91. The molecule has 11 heteroatoms. The van der Waals surface area contributed by atoms with E-state index in [1.807, 2.05) is 6.07 Å². The molecule has 132 valence electrons. The Morgan fingerprint density at radius 1 is 1.28 bits per heavy atom. The van der Waals surface area contributed by atoms with Crippen LogP contribution in [0, 0.1) is 10.1 Å². The van der Waals surface area contributed by atoms with Gasteiger partial charge in [-0.25, -0.2) is 0 Å². The molecular weight excluding hydrogens is 437 g/mol. The van der Waals surface area contributed by atoms with Crippen molar-refractivity contribution in [1.29, 1.82) is 0 Å². The van der Waals surface area contributed by atoms with E-state index in [0.717, 1.165) is 0 Å². The van der Waals surface area contributed by atoms with Crippen LogP contribution in [0.15, 0.2) is 38.9 Å². The Bertz CT molecular complexity index is 872. The van der Waals surface area contributed by atoms with Crippen molar-refractivity contribution < 1.29 is 9.66 Å². The fraction of sp³-hybridized carbons (Fsp3) is 0.286. The minimum atomic E-state index is -0.576. The Hall–Kier alpha value is -1.68. The fourth-order valence-corrected chi connectivity index (χ4v) is 2.96. The molecule has 0 bridgehead atoms. The lowest BCUT2D eigenvalue weighted by Gasteiger charge is -2.30. The molecular formula is C14H12BrCl2N5O3. The van der Waals surface area contributed by atoms with E-state index in [1.165, 1.54) is 4.68 Å². The van der Waals surface area contributed by atoms with Gasteiger partial charge in [0.05, 0.1) is 23.7 Å². The number of para-hydroxylation sites is 1. The van der Waals surface area contributed by atoms with E-state index < -0.39 is 4.92 Å². The Labute approximate surface area is 160 Å². The average Bonchev–Trinajstić information content (AvgIpc) is 3.03.